The molecule has 18 heavy (non-hydrogen) atoms. The van der Waals surface area contributed by atoms with Gasteiger partial charge in [0.05, 0.1) is 7.11 Å². The monoisotopic (exact) mass is 251 g/mol. The Labute approximate surface area is 104 Å². The summed E-state index contributed by atoms with van der Waals surface area (Å²) in [6, 6.07) is 5.87. The number of amides is 1. The molecule has 1 N–H and O–H groups in total. The molecule has 1 saturated heterocycles. The lowest BCUT2D eigenvalue weighted by Gasteiger charge is -2.29. The first-order valence-electron chi connectivity index (χ1n) is 5.74. The molecule has 0 aromatic heterocycles. The van der Waals surface area contributed by atoms with Crippen LogP contribution in [0.15, 0.2) is 24.3 Å². The normalized spacial score (nSPS) is 23.3. The number of rotatable bonds is 2. The van der Waals surface area contributed by atoms with E-state index in [1.807, 2.05) is 0 Å². The average molecular weight is 251 g/mol. The van der Waals surface area contributed by atoms with Gasteiger partial charge in [0.15, 0.2) is 0 Å². The molecular formula is C13H14FNO3. The number of piperidine rings is 1. The Morgan fingerprint density at radius 2 is 2.06 bits per heavy atom. The molecule has 0 unspecified atom stereocenters. The van der Waals surface area contributed by atoms with Crippen molar-refractivity contribution in [3.63, 3.8) is 0 Å². The van der Waals surface area contributed by atoms with Crippen LogP contribution >= 0.6 is 0 Å². The second kappa shape index (κ2) is 5.16. The first-order valence-corrected chi connectivity index (χ1v) is 5.74. The smallest absolute Gasteiger partial charge is 0.318 e. The number of benzene rings is 1. The number of esters is 1. The van der Waals surface area contributed by atoms with Crippen molar-refractivity contribution in [2.45, 2.75) is 12.3 Å². The lowest BCUT2D eigenvalue weighted by Crippen LogP contribution is -2.45. The maximum absolute atomic E-state index is 12.9. The number of carbonyl (C=O) groups is 2. The third-order valence-corrected chi connectivity index (χ3v) is 3.19. The Hall–Kier alpha value is -1.91. The molecular weight excluding hydrogens is 237 g/mol. The van der Waals surface area contributed by atoms with E-state index in [9.17, 15) is 14.0 Å². The van der Waals surface area contributed by atoms with Gasteiger partial charge in [-0.1, -0.05) is 12.1 Å². The minimum Gasteiger partial charge on any atom is -0.468 e. The number of nitrogens with one attached hydrogen (secondary N) is 1. The van der Waals surface area contributed by atoms with E-state index in [-0.39, 0.29) is 17.6 Å². The zero-order chi connectivity index (χ0) is 13.1. The Balaban J connectivity index is 2.30. The van der Waals surface area contributed by atoms with Gasteiger partial charge in [-0.15, -0.1) is 0 Å². The topological polar surface area (TPSA) is 55.4 Å². The number of hydrogen-bond donors (Lipinski definition) is 1. The van der Waals surface area contributed by atoms with Crippen molar-refractivity contribution in [2.75, 3.05) is 13.7 Å². The van der Waals surface area contributed by atoms with Crippen LogP contribution in [-0.2, 0) is 14.3 Å². The molecule has 1 aromatic carbocycles. The highest BCUT2D eigenvalue weighted by Crippen LogP contribution is 2.31. The summed E-state index contributed by atoms with van der Waals surface area (Å²) < 4.78 is 17.5. The molecule has 5 heteroatoms. The molecule has 1 aliphatic rings. The summed E-state index contributed by atoms with van der Waals surface area (Å²) in [6.45, 7) is 0.508. The number of carbonyl (C=O) groups excluding carboxylic acids is 2. The van der Waals surface area contributed by atoms with Gasteiger partial charge < -0.3 is 10.1 Å². The summed E-state index contributed by atoms with van der Waals surface area (Å²) in [7, 11) is 1.26. The van der Waals surface area contributed by atoms with E-state index in [4.69, 9.17) is 0 Å². The predicted molar refractivity (Wildman–Crippen MR) is 62.3 cm³/mol. The zero-order valence-corrected chi connectivity index (χ0v) is 9.98. The van der Waals surface area contributed by atoms with Crippen molar-refractivity contribution in [1.82, 2.24) is 5.32 Å². The molecule has 0 spiro atoms. The molecule has 0 saturated carbocycles. The fraction of sp³-hybridized carbons (Fsp3) is 0.385. The largest absolute Gasteiger partial charge is 0.468 e. The van der Waals surface area contributed by atoms with E-state index in [1.165, 1.54) is 19.2 Å². The molecule has 2 rings (SSSR count). The van der Waals surface area contributed by atoms with Crippen molar-refractivity contribution in [3.05, 3.63) is 35.6 Å². The molecule has 0 radical (unpaired) electrons. The third kappa shape index (κ3) is 2.34. The van der Waals surface area contributed by atoms with Gasteiger partial charge in [0.25, 0.3) is 0 Å². The zero-order valence-electron chi connectivity index (χ0n) is 9.98. The van der Waals surface area contributed by atoms with Gasteiger partial charge in [-0.25, -0.2) is 4.39 Å². The highest BCUT2D eigenvalue weighted by Gasteiger charge is 2.39. The van der Waals surface area contributed by atoms with Crippen LogP contribution in [0.1, 0.15) is 17.9 Å². The van der Waals surface area contributed by atoms with Crippen LogP contribution in [0, 0.1) is 11.7 Å². The van der Waals surface area contributed by atoms with Crippen LogP contribution in [-0.4, -0.2) is 25.5 Å². The summed E-state index contributed by atoms with van der Waals surface area (Å²) >= 11 is 0. The molecule has 2 atom stereocenters. The SMILES string of the molecule is COC(=O)[C@@H]1C(=O)NCC[C@H]1c1ccc(F)cc1. The summed E-state index contributed by atoms with van der Waals surface area (Å²) in [5, 5.41) is 2.64. The fourth-order valence-electron chi connectivity index (χ4n) is 2.28. The number of ether oxygens (including phenoxy) is 1. The van der Waals surface area contributed by atoms with E-state index >= 15 is 0 Å². The summed E-state index contributed by atoms with van der Waals surface area (Å²) in [4.78, 5) is 23.4. The van der Waals surface area contributed by atoms with E-state index in [0.29, 0.717) is 13.0 Å². The van der Waals surface area contributed by atoms with Gasteiger partial charge in [0.1, 0.15) is 11.7 Å². The molecule has 4 nitrogen and oxygen atoms in total. The fourth-order valence-corrected chi connectivity index (χ4v) is 2.28. The summed E-state index contributed by atoms with van der Waals surface area (Å²) in [5.41, 5.74) is 0.779. The number of halogens is 1. The highest BCUT2D eigenvalue weighted by molar-refractivity contribution is 5.99. The van der Waals surface area contributed by atoms with Crippen molar-refractivity contribution in [1.29, 1.82) is 0 Å². The van der Waals surface area contributed by atoms with E-state index in [0.717, 1.165) is 5.56 Å². The lowest BCUT2D eigenvalue weighted by atomic mass is 9.80. The number of hydrogen-bond acceptors (Lipinski definition) is 3. The second-order valence-electron chi connectivity index (χ2n) is 4.24. The van der Waals surface area contributed by atoms with Crippen molar-refractivity contribution in [2.24, 2.45) is 5.92 Å². The van der Waals surface area contributed by atoms with Crippen molar-refractivity contribution in [3.8, 4) is 0 Å². The first-order chi connectivity index (χ1) is 8.63. The van der Waals surface area contributed by atoms with Crippen LogP contribution < -0.4 is 5.32 Å². The van der Waals surface area contributed by atoms with Crippen LogP contribution in [0.25, 0.3) is 0 Å². The van der Waals surface area contributed by atoms with Crippen molar-refractivity contribution < 1.29 is 18.7 Å². The van der Waals surface area contributed by atoms with Crippen LogP contribution in [0.2, 0.25) is 0 Å². The maximum Gasteiger partial charge on any atom is 0.318 e. The van der Waals surface area contributed by atoms with Crippen molar-refractivity contribution >= 4 is 11.9 Å². The highest BCUT2D eigenvalue weighted by atomic mass is 19.1. The van der Waals surface area contributed by atoms with Crippen LogP contribution in [0.3, 0.4) is 0 Å². The summed E-state index contributed by atoms with van der Waals surface area (Å²) in [5.74, 6) is -2.33. The van der Waals surface area contributed by atoms with E-state index in [2.05, 4.69) is 10.1 Å². The average Bonchev–Trinajstić information content (AvgIpc) is 2.38. The minimum atomic E-state index is -0.853. The first kappa shape index (κ1) is 12.5. The molecule has 1 fully saturated rings. The minimum absolute atomic E-state index is 0.258. The van der Waals surface area contributed by atoms with Gasteiger partial charge in [-0.3, -0.25) is 9.59 Å². The maximum atomic E-state index is 12.9. The molecule has 1 aromatic rings. The molecule has 1 amide bonds. The Morgan fingerprint density at radius 3 is 2.67 bits per heavy atom. The Kier molecular flexibility index (Phi) is 3.60. The standard InChI is InChI=1S/C13H14FNO3/c1-18-13(17)11-10(6-7-15-12(11)16)8-2-4-9(14)5-3-8/h2-5,10-11H,6-7H2,1H3,(H,15,16)/t10-,11-/m0/s1. The molecule has 1 aliphatic heterocycles. The van der Waals surface area contributed by atoms with Crippen LogP contribution in [0.5, 0.6) is 0 Å². The van der Waals surface area contributed by atoms with Gasteiger partial charge in [0.2, 0.25) is 5.91 Å². The second-order valence-corrected chi connectivity index (χ2v) is 4.24. The molecule has 0 aliphatic carbocycles. The molecule has 96 valence electrons. The number of methoxy groups -OCH3 is 1. The van der Waals surface area contributed by atoms with Gasteiger partial charge in [-0.2, -0.15) is 0 Å². The summed E-state index contributed by atoms with van der Waals surface area (Å²) in [6.07, 6.45) is 0.636. The Bertz CT molecular complexity index is 450. The quantitative estimate of drug-likeness (QED) is 0.635. The van der Waals surface area contributed by atoms with E-state index in [1.54, 1.807) is 12.1 Å². The lowest BCUT2D eigenvalue weighted by molar-refractivity contribution is -0.152. The van der Waals surface area contributed by atoms with Crippen LogP contribution in [0.4, 0.5) is 4.39 Å². The van der Waals surface area contributed by atoms with E-state index < -0.39 is 11.9 Å². The Morgan fingerprint density at radius 1 is 1.39 bits per heavy atom. The van der Waals surface area contributed by atoms with Gasteiger partial charge in [0, 0.05) is 12.5 Å². The molecule has 1 heterocycles. The van der Waals surface area contributed by atoms with Gasteiger partial charge in [-0.05, 0) is 24.1 Å². The third-order valence-electron chi connectivity index (χ3n) is 3.19. The predicted octanol–water partition coefficient (Wildman–Crippen LogP) is 1.22. The molecule has 0 bridgehead atoms. The van der Waals surface area contributed by atoms with Gasteiger partial charge >= 0.3 is 5.97 Å².